The molecule has 1 fully saturated rings. The Balaban J connectivity index is 2.00. The first kappa shape index (κ1) is 16.5. The Labute approximate surface area is 130 Å². The standard InChI is InChI=1S/C17H23NO4/c1-12-4-3-8-18(11-12)9-7-15(19)13-5-6-16(22-2)14(10-13)17(20)21/h5-6,10,12H,3-4,7-9,11H2,1-2H3,(H,20,21). The monoisotopic (exact) mass is 305 g/mol. The van der Waals surface area contributed by atoms with Gasteiger partial charge in [-0.2, -0.15) is 0 Å². The maximum absolute atomic E-state index is 12.3. The molecule has 1 saturated heterocycles. The summed E-state index contributed by atoms with van der Waals surface area (Å²) in [5.74, 6) is -0.155. The highest BCUT2D eigenvalue weighted by Crippen LogP contribution is 2.21. The van der Waals surface area contributed by atoms with Crippen LogP contribution in [-0.4, -0.2) is 48.5 Å². The van der Waals surface area contributed by atoms with Crippen LogP contribution in [0.25, 0.3) is 0 Å². The highest BCUT2D eigenvalue weighted by atomic mass is 16.5. The maximum atomic E-state index is 12.3. The number of nitrogens with zero attached hydrogens (tertiary/aromatic N) is 1. The zero-order chi connectivity index (χ0) is 16.1. The summed E-state index contributed by atoms with van der Waals surface area (Å²) in [5.41, 5.74) is 0.461. The van der Waals surface area contributed by atoms with Crippen LogP contribution in [0.15, 0.2) is 18.2 Å². The number of carboxylic acid groups (broad SMARTS) is 1. The lowest BCUT2D eigenvalue weighted by atomic mass is 9.99. The fourth-order valence-corrected chi connectivity index (χ4v) is 2.94. The van der Waals surface area contributed by atoms with E-state index in [1.807, 2.05) is 0 Å². The molecule has 0 aromatic heterocycles. The summed E-state index contributed by atoms with van der Waals surface area (Å²) >= 11 is 0. The number of benzene rings is 1. The smallest absolute Gasteiger partial charge is 0.339 e. The molecule has 1 atom stereocenters. The van der Waals surface area contributed by atoms with Crippen LogP contribution in [0, 0.1) is 5.92 Å². The third-order valence-electron chi connectivity index (χ3n) is 4.15. The van der Waals surface area contributed by atoms with Crippen molar-refractivity contribution in [1.82, 2.24) is 4.90 Å². The topological polar surface area (TPSA) is 66.8 Å². The van der Waals surface area contributed by atoms with Crippen LogP contribution in [0.5, 0.6) is 5.75 Å². The van der Waals surface area contributed by atoms with Crippen LogP contribution in [0.3, 0.4) is 0 Å². The maximum Gasteiger partial charge on any atom is 0.339 e. The number of aromatic carboxylic acids is 1. The number of ether oxygens (including phenoxy) is 1. The number of piperidine rings is 1. The van der Waals surface area contributed by atoms with E-state index < -0.39 is 5.97 Å². The van der Waals surface area contributed by atoms with Gasteiger partial charge in [0, 0.05) is 25.1 Å². The molecule has 0 bridgehead atoms. The molecule has 2 rings (SSSR count). The normalized spacial score (nSPS) is 18.9. The highest BCUT2D eigenvalue weighted by Gasteiger charge is 2.18. The lowest BCUT2D eigenvalue weighted by Gasteiger charge is -2.30. The lowest BCUT2D eigenvalue weighted by molar-refractivity contribution is 0.0693. The summed E-state index contributed by atoms with van der Waals surface area (Å²) in [6, 6.07) is 4.58. The molecule has 1 unspecified atom stereocenters. The minimum absolute atomic E-state index is 0.0246. The van der Waals surface area contributed by atoms with Gasteiger partial charge in [-0.1, -0.05) is 6.92 Å². The first-order valence-corrected chi connectivity index (χ1v) is 7.68. The molecule has 1 aliphatic rings. The van der Waals surface area contributed by atoms with Gasteiger partial charge in [-0.15, -0.1) is 0 Å². The number of likely N-dealkylation sites (tertiary alicyclic amines) is 1. The summed E-state index contributed by atoms with van der Waals surface area (Å²) in [6.07, 6.45) is 2.85. The van der Waals surface area contributed by atoms with Crippen molar-refractivity contribution in [2.75, 3.05) is 26.7 Å². The quantitative estimate of drug-likeness (QED) is 0.819. The van der Waals surface area contributed by atoms with Gasteiger partial charge in [0.15, 0.2) is 5.78 Å². The number of hydrogen-bond donors (Lipinski definition) is 1. The Kier molecular flexibility index (Phi) is 5.55. The van der Waals surface area contributed by atoms with Gasteiger partial charge < -0.3 is 14.7 Å². The fraction of sp³-hybridized carbons (Fsp3) is 0.529. The molecule has 1 aromatic carbocycles. The van der Waals surface area contributed by atoms with Gasteiger partial charge in [-0.25, -0.2) is 4.79 Å². The molecule has 0 saturated carbocycles. The molecule has 5 heteroatoms. The largest absolute Gasteiger partial charge is 0.496 e. The van der Waals surface area contributed by atoms with E-state index in [2.05, 4.69) is 11.8 Å². The predicted molar refractivity (Wildman–Crippen MR) is 83.7 cm³/mol. The second kappa shape index (κ2) is 7.40. The molecule has 0 aliphatic carbocycles. The Morgan fingerprint density at radius 2 is 2.18 bits per heavy atom. The minimum Gasteiger partial charge on any atom is -0.496 e. The first-order valence-electron chi connectivity index (χ1n) is 7.68. The number of ketones is 1. The number of carboxylic acids is 1. The number of hydrogen-bond acceptors (Lipinski definition) is 4. The number of Topliss-reactive ketones (excluding diaryl/α,β-unsaturated/α-hetero) is 1. The molecule has 1 heterocycles. The van der Waals surface area contributed by atoms with Crippen molar-refractivity contribution in [2.24, 2.45) is 5.92 Å². The molecular weight excluding hydrogens is 282 g/mol. The SMILES string of the molecule is COc1ccc(C(=O)CCN2CCCC(C)C2)cc1C(=O)O. The van der Waals surface area contributed by atoms with Crippen molar-refractivity contribution >= 4 is 11.8 Å². The first-order chi connectivity index (χ1) is 10.5. The van der Waals surface area contributed by atoms with Crippen molar-refractivity contribution in [1.29, 1.82) is 0 Å². The van der Waals surface area contributed by atoms with E-state index in [0.29, 0.717) is 17.9 Å². The average Bonchev–Trinajstić information content (AvgIpc) is 2.52. The zero-order valence-corrected chi connectivity index (χ0v) is 13.2. The molecule has 5 nitrogen and oxygen atoms in total. The van der Waals surface area contributed by atoms with E-state index in [1.165, 1.54) is 26.0 Å². The zero-order valence-electron chi connectivity index (χ0n) is 13.2. The van der Waals surface area contributed by atoms with Gasteiger partial charge >= 0.3 is 5.97 Å². The number of carbonyl (C=O) groups is 2. The van der Waals surface area contributed by atoms with E-state index in [-0.39, 0.29) is 17.1 Å². The van der Waals surface area contributed by atoms with Crippen molar-refractivity contribution < 1.29 is 19.4 Å². The highest BCUT2D eigenvalue weighted by molar-refractivity contribution is 6.00. The van der Waals surface area contributed by atoms with Crippen LogP contribution < -0.4 is 4.74 Å². The van der Waals surface area contributed by atoms with Crippen LogP contribution in [0.4, 0.5) is 0 Å². The van der Waals surface area contributed by atoms with Gasteiger partial charge in [0.05, 0.1) is 7.11 Å². The van der Waals surface area contributed by atoms with Gasteiger partial charge in [0.1, 0.15) is 11.3 Å². The fourth-order valence-electron chi connectivity index (χ4n) is 2.94. The Bertz CT molecular complexity index is 556. The molecule has 0 spiro atoms. The molecule has 22 heavy (non-hydrogen) atoms. The summed E-state index contributed by atoms with van der Waals surface area (Å²) in [4.78, 5) is 25.8. The van der Waals surface area contributed by atoms with Crippen LogP contribution in [0.1, 0.15) is 46.9 Å². The molecule has 1 N–H and O–H groups in total. The van der Waals surface area contributed by atoms with E-state index in [9.17, 15) is 9.59 Å². The summed E-state index contributed by atoms with van der Waals surface area (Å²) in [6.45, 7) is 5.05. The van der Waals surface area contributed by atoms with E-state index >= 15 is 0 Å². The van der Waals surface area contributed by atoms with Gasteiger partial charge in [0.2, 0.25) is 0 Å². The molecule has 0 amide bonds. The van der Waals surface area contributed by atoms with Gasteiger partial charge in [0.25, 0.3) is 0 Å². The average molecular weight is 305 g/mol. The van der Waals surface area contributed by atoms with Crippen LogP contribution in [-0.2, 0) is 0 Å². The summed E-state index contributed by atoms with van der Waals surface area (Å²) in [5, 5.41) is 9.17. The molecule has 0 radical (unpaired) electrons. The third kappa shape index (κ3) is 4.07. The van der Waals surface area contributed by atoms with Crippen molar-refractivity contribution in [2.45, 2.75) is 26.2 Å². The van der Waals surface area contributed by atoms with Gasteiger partial charge in [-0.3, -0.25) is 4.79 Å². The van der Waals surface area contributed by atoms with Crippen LogP contribution in [0.2, 0.25) is 0 Å². The third-order valence-corrected chi connectivity index (χ3v) is 4.15. The molecule has 120 valence electrons. The van der Waals surface area contributed by atoms with E-state index in [4.69, 9.17) is 9.84 Å². The molecular formula is C17H23NO4. The lowest BCUT2D eigenvalue weighted by Crippen LogP contribution is -2.35. The number of carbonyl (C=O) groups excluding carboxylic acids is 1. The summed E-state index contributed by atoms with van der Waals surface area (Å²) in [7, 11) is 1.42. The Morgan fingerprint density at radius 3 is 2.82 bits per heavy atom. The molecule has 1 aromatic rings. The van der Waals surface area contributed by atoms with E-state index in [0.717, 1.165) is 19.6 Å². The van der Waals surface area contributed by atoms with Crippen molar-refractivity contribution in [3.63, 3.8) is 0 Å². The second-order valence-corrected chi connectivity index (χ2v) is 5.94. The number of rotatable bonds is 6. The Hall–Kier alpha value is -1.88. The van der Waals surface area contributed by atoms with Crippen molar-refractivity contribution in [3.05, 3.63) is 29.3 Å². The predicted octanol–water partition coefficient (Wildman–Crippen LogP) is 2.70. The van der Waals surface area contributed by atoms with E-state index in [1.54, 1.807) is 12.1 Å². The van der Waals surface area contributed by atoms with Crippen molar-refractivity contribution in [3.8, 4) is 5.75 Å². The minimum atomic E-state index is -1.09. The Morgan fingerprint density at radius 1 is 1.41 bits per heavy atom. The molecule has 1 aliphatic heterocycles. The van der Waals surface area contributed by atoms with Crippen LogP contribution >= 0.6 is 0 Å². The second-order valence-electron chi connectivity index (χ2n) is 5.94. The summed E-state index contributed by atoms with van der Waals surface area (Å²) < 4.78 is 5.01. The van der Waals surface area contributed by atoms with Gasteiger partial charge in [-0.05, 0) is 43.5 Å². The number of methoxy groups -OCH3 is 1.